The molecule has 0 saturated carbocycles. The van der Waals surface area contributed by atoms with Gasteiger partial charge in [-0.15, -0.1) is 0 Å². The highest BCUT2D eigenvalue weighted by molar-refractivity contribution is 6.44. The van der Waals surface area contributed by atoms with Crippen molar-refractivity contribution in [1.82, 2.24) is 9.13 Å². The van der Waals surface area contributed by atoms with E-state index in [9.17, 15) is 19.2 Å². The minimum absolute atomic E-state index is 0.101. The molecule has 2 aromatic heterocycles. The van der Waals surface area contributed by atoms with E-state index in [1.165, 1.54) is 0 Å². The summed E-state index contributed by atoms with van der Waals surface area (Å²) >= 11 is 24.5. The Labute approximate surface area is 302 Å². The fraction of sp³-hybridized carbons (Fsp3) is 0.158. The molecule has 49 heavy (non-hydrogen) atoms. The number of aldehydes is 1. The van der Waals surface area contributed by atoms with E-state index in [1.54, 1.807) is 52.5 Å². The van der Waals surface area contributed by atoms with Crippen molar-refractivity contribution >= 4 is 92.3 Å². The van der Waals surface area contributed by atoms with Crippen molar-refractivity contribution in [2.24, 2.45) is 0 Å². The van der Waals surface area contributed by atoms with Gasteiger partial charge in [-0.05, 0) is 68.3 Å². The van der Waals surface area contributed by atoms with Crippen LogP contribution >= 0.6 is 46.4 Å². The summed E-state index contributed by atoms with van der Waals surface area (Å²) in [6, 6.07) is 24.9. The number of halogens is 4. The zero-order valence-corrected chi connectivity index (χ0v) is 29.8. The summed E-state index contributed by atoms with van der Waals surface area (Å²) in [5, 5.41) is 2.82. The van der Waals surface area contributed by atoms with Gasteiger partial charge in [0.05, 0.1) is 55.3 Å². The van der Waals surface area contributed by atoms with Gasteiger partial charge in [0, 0.05) is 28.6 Å². The number of ether oxygens (including phenoxy) is 1. The second-order valence-electron chi connectivity index (χ2n) is 11.0. The van der Waals surface area contributed by atoms with Gasteiger partial charge in [0.1, 0.15) is 6.29 Å². The predicted octanol–water partition coefficient (Wildman–Crippen LogP) is 9.74. The minimum Gasteiger partial charge on any atom is -0.466 e. The number of carbonyl (C=O) groups excluding carboxylic acids is 4. The first kappa shape index (κ1) is 35.9. The van der Waals surface area contributed by atoms with E-state index in [-0.39, 0.29) is 40.7 Å². The number of benzene rings is 4. The van der Waals surface area contributed by atoms with Gasteiger partial charge in [-0.2, -0.15) is 0 Å². The number of fused-ring (bicyclic) bond motifs is 2. The number of hydrogen-bond donors (Lipinski definition) is 0. The molecular weight excluding hydrogens is 706 g/mol. The molecule has 0 N–H and O–H groups in total. The molecule has 6 rings (SSSR count). The van der Waals surface area contributed by atoms with Crippen LogP contribution in [-0.4, -0.2) is 39.8 Å². The van der Waals surface area contributed by atoms with E-state index >= 15 is 0 Å². The first-order valence-electron chi connectivity index (χ1n) is 15.3. The van der Waals surface area contributed by atoms with Crippen LogP contribution in [0.4, 0.5) is 0 Å². The lowest BCUT2D eigenvalue weighted by Crippen LogP contribution is -2.15. The molecule has 0 radical (unpaired) electrons. The summed E-state index contributed by atoms with van der Waals surface area (Å²) in [6.45, 7) is 5.71. The largest absolute Gasteiger partial charge is 0.466 e. The molecular formula is C38H30Cl4N2O5. The Bertz CT molecular complexity index is 2250. The average Bonchev–Trinajstić information content (AvgIpc) is 3.53. The highest BCUT2D eigenvalue weighted by Gasteiger charge is 2.24. The molecule has 0 spiro atoms. The number of nitrogens with zero attached hydrogens (tertiary/aromatic N) is 2. The Balaban J connectivity index is 0.000000192. The number of hydrogen-bond acceptors (Lipinski definition) is 5. The van der Waals surface area contributed by atoms with E-state index in [0.29, 0.717) is 39.0 Å². The van der Waals surface area contributed by atoms with Crippen LogP contribution in [0.1, 0.15) is 50.2 Å². The van der Waals surface area contributed by atoms with Crippen molar-refractivity contribution in [3.05, 3.63) is 139 Å². The zero-order valence-electron chi connectivity index (χ0n) is 26.7. The molecule has 2 heterocycles. The highest BCUT2D eigenvalue weighted by Crippen LogP contribution is 2.32. The van der Waals surface area contributed by atoms with Crippen molar-refractivity contribution < 1.29 is 23.9 Å². The second-order valence-corrected chi connectivity index (χ2v) is 12.6. The number of aromatic nitrogens is 2. The summed E-state index contributed by atoms with van der Waals surface area (Å²) in [5.41, 5.74) is 5.15. The predicted molar refractivity (Wildman–Crippen MR) is 196 cm³/mol. The zero-order chi connectivity index (χ0) is 35.4. The SMILES string of the molecule is CCOC(=O)Cc1c(C)n(C(=O)c2cccc(Cl)c2Cl)c2ccccc12.Cc1c(CC=O)c2ccccc2n1C(=O)c1cccc(Cl)c1Cl. The standard InChI is InChI=1S/C20H17Cl2NO3.C18H13Cl2NO2/c1-3-26-18(24)11-15-12(2)23(17-10-5-4-7-13(15)17)20(25)14-8-6-9-16(21)19(14)22;1-11-12(9-10-22)13-5-2-3-8-16(13)21(11)18(23)14-6-4-7-15(19)17(14)20/h4-10H,3,11H2,1-2H3;2-8,10H,9H2,1H3. The lowest BCUT2D eigenvalue weighted by Gasteiger charge is -2.10. The fourth-order valence-corrected chi connectivity index (χ4v) is 6.65. The number of esters is 1. The van der Waals surface area contributed by atoms with E-state index in [2.05, 4.69) is 0 Å². The molecule has 0 amide bonds. The van der Waals surface area contributed by atoms with Gasteiger partial charge < -0.3 is 9.53 Å². The summed E-state index contributed by atoms with van der Waals surface area (Å²) in [5.74, 6) is -0.878. The maximum atomic E-state index is 13.2. The quantitative estimate of drug-likeness (QED) is 0.120. The first-order valence-corrected chi connectivity index (χ1v) is 16.8. The van der Waals surface area contributed by atoms with Gasteiger partial charge >= 0.3 is 5.97 Å². The van der Waals surface area contributed by atoms with Crippen LogP contribution in [0.15, 0.2) is 84.9 Å². The van der Waals surface area contributed by atoms with Crippen LogP contribution in [0.25, 0.3) is 21.8 Å². The Morgan fingerprint density at radius 2 is 1.10 bits per heavy atom. The summed E-state index contributed by atoms with van der Waals surface area (Å²) in [7, 11) is 0. The molecule has 0 saturated heterocycles. The fourth-order valence-electron chi connectivity index (χ4n) is 5.89. The smallest absolute Gasteiger partial charge is 0.310 e. The molecule has 0 bridgehead atoms. The number of carbonyl (C=O) groups is 4. The molecule has 0 unspecified atom stereocenters. The lowest BCUT2D eigenvalue weighted by molar-refractivity contribution is -0.142. The van der Waals surface area contributed by atoms with Crippen LogP contribution in [0.2, 0.25) is 20.1 Å². The van der Waals surface area contributed by atoms with Crippen molar-refractivity contribution in [1.29, 1.82) is 0 Å². The molecule has 0 aliphatic carbocycles. The Hall–Kier alpha value is -4.40. The maximum Gasteiger partial charge on any atom is 0.310 e. The third-order valence-corrected chi connectivity index (χ3v) is 9.81. The summed E-state index contributed by atoms with van der Waals surface area (Å²) in [6.07, 6.45) is 1.20. The first-order chi connectivity index (χ1) is 23.5. The van der Waals surface area contributed by atoms with Gasteiger partial charge in [-0.25, -0.2) is 0 Å². The van der Waals surface area contributed by atoms with E-state index in [4.69, 9.17) is 51.1 Å². The topological polar surface area (TPSA) is 87.4 Å². The van der Waals surface area contributed by atoms with E-state index in [1.807, 2.05) is 62.4 Å². The third-order valence-electron chi connectivity index (χ3n) is 8.17. The average molecular weight is 736 g/mol. The van der Waals surface area contributed by atoms with Crippen LogP contribution in [-0.2, 0) is 27.2 Å². The monoisotopic (exact) mass is 734 g/mol. The third kappa shape index (κ3) is 7.03. The Morgan fingerprint density at radius 3 is 1.57 bits per heavy atom. The number of para-hydroxylation sites is 2. The van der Waals surface area contributed by atoms with Crippen LogP contribution in [0.3, 0.4) is 0 Å². The molecule has 4 aromatic carbocycles. The Kier molecular flexibility index (Phi) is 11.3. The van der Waals surface area contributed by atoms with E-state index < -0.39 is 0 Å². The summed E-state index contributed by atoms with van der Waals surface area (Å²) < 4.78 is 8.23. The molecule has 7 nitrogen and oxygen atoms in total. The molecule has 0 fully saturated rings. The lowest BCUT2D eigenvalue weighted by atomic mass is 10.1. The van der Waals surface area contributed by atoms with Crippen molar-refractivity contribution in [3.63, 3.8) is 0 Å². The van der Waals surface area contributed by atoms with Gasteiger partial charge in [-0.1, -0.05) is 94.9 Å². The van der Waals surface area contributed by atoms with Gasteiger partial charge in [0.15, 0.2) is 0 Å². The molecule has 6 aromatic rings. The van der Waals surface area contributed by atoms with Crippen molar-refractivity contribution in [2.75, 3.05) is 6.61 Å². The molecule has 0 atom stereocenters. The Morgan fingerprint density at radius 1 is 0.653 bits per heavy atom. The molecule has 0 aliphatic heterocycles. The van der Waals surface area contributed by atoms with Gasteiger partial charge in [-0.3, -0.25) is 23.5 Å². The van der Waals surface area contributed by atoms with E-state index in [0.717, 1.165) is 39.4 Å². The van der Waals surface area contributed by atoms with Crippen LogP contribution in [0, 0.1) is 13.8 Å². The van der Waals surface area contributed by atoms with Crippen molar-refractivity contribution in [2.45, 2.75) is 33.6 Å². The highest BCUT2D eigenvalue weighted by atomic mass is 35.5. The maximum absolute atomic E-state index is 13.2. The molecule has 11 heteroatoms. The van der Waals surface area contributed by atoms with Gasteiger partial charge in [0.2, 0.25) is 0 Å². The number of rotatable bonds is 7. The minimum atomic E-state index is -0.327. The van der Waals surface area contributed by atoms with Gasteiger partial charge in [0.25, 0.3) is 11.8 Å². The second kappa shape index (κ2) is 15.4. The van der Waals surface area contributed by atoms with Crippen LogP contribution < -0.4 is 0 Å². The van der Waals surface area contributed by atoms with Crippen molar-refractivity contribution in [3.8, 4) is 0 Å². The molecule has 0 aliphatic rings. The normalized spacial score (nSPS) is 10.9. The summed E-state index contributed by atoms with van der Waals surface area (Å²) in [4.78, 5) is 49.2. The molecule has 250 valence electrons. The van der Waals surface area contributed by atoms with Crippen LogP contribution in [0.5, 0.6) is 0 Å².